The van der Waals surface area contributed by atoms with Gasteiger partial charge in [-0.15, -0.1) is 0 Å². The first-order chi connectivity index (χ1) is 14.9. The van der Waals surface area contributed by atoms with Gasteiger partial charge in [-0.3, -0.25) is 14.3 Å². The second-order valence-electron chi connectivity index (χ2n) is 8.27. The van der Waals surface area contributed by atoms with E-state index in [1.54, 1.807) is 16.7 Å². The SMILES string of the molecule is COc1ccc(CNC(=O)[C@@H]2CCC[C@@H](NCc3cnn(C)c3)CN(C)C(=O)C2)cc1. The summed E-state index contributed by atoms with van der Waals surface area (Å²) >= 11 is 0. The number of hydrogen-bond donors (Lipinski definition) is 2. The number of benzene rings is 1. The summed E-state index contributed by atoms with van der Waals surface area (Å²) in [6, 6.07) is 7.80. The van der Waals surface area contributed by atoms with Gasteiger partial charge in [-0.25, -0.2) is 0 Å². The average Bonchev–Trinajstić information content (AvgIpc) is 3.21. The Labute approximate surface area is 183 Å². The van der Waals surface area contributed by atoms with Crippen molar-refractivity contribution in [1.82, 2.24) is 25.3 Å². The zero-order chi connectivity index (χ0) is 22.2. The summed E-state index contributed by atoms with van der Waals surface area (Å²) in [6.07, 6.45) is 6.60. The molecule has 2 amide bonds. The van der Waals surface area contributed by atoms with E-state index in [9.17, 15) is 9.59 Å². The summed E-state index contributed by atoms with van der Waals surface area (Å²) in [4.78, 5) is 27.2. The quantitative estimate of drug-likeness (QED) is 0.704. The van der Waals surface area contributed by atoms with Gasteiger partial charge in [-0.1, -0.05) is 18.6 Å². The summed E-state index contributed by atoms with van der Waals surface area (Å²) in [6.45, 7) is 1.80. The number of methoxy groups -OCH3 is 1. The highest BCUT2D eigenvalue weighted by Gasteiger charge is 2.27. The van der Waals surface area contributed by atoms with Crippen molar-refractivity contribution in [2.24, 2.45) is 13.0 Å². The second-order valence-corrected chi connectivity index (χ2v) is 8.27. The fourth-order valence-corrected chi connectivity index (χ4v) is 3.90. The highest BCUT2D eigenvalue weighted by molar-refractivity contribution is 5.85. The number of likely N-dealkylation sites (N-methyl/N-ethyl adjacent to an activating group) is 1. The lowest BCUT2D eigenvalue weighted by Crippen LogP contribution is -2.41. The van der Waals surface area contributed by atoms with E-state index in [-0.39, 0.29) is 30.2 Å². The topological polar surface area (TPSA) is 88.5 Å². The zero-order valence-electron chi connectivity index (χ0n) is 18.6. The lowest BCUT2D eigenvalue weighted by molar-refractivity contribution is -0.135. The molecule has 2 aromatic rings. The van der Waals surface area contributed by atoms with Crippen LogP contribution in [0.5, 0.6) is 5.75 Å². The predicted octanol–water partition coefficient (Wildman–Crippen LogP) is 1.85. The molecule has 31 heavy (non-hydrogen) atoms. The molecule has 0 radical (unpaired) electrons. The Morgan fingerprint density at radius 2 is 1.94 bits per heavy atom. The van der Waals surface area contributed by atoms with Crippen molar-refractivity contribution in [1.29, 1.82) is 0 Å². The number of carbonyl (C=O) groups excluding carboxylic acids is 2. The number of carbonyl (C=O) groups is 2. The monoisotopic (exact) mass is 427 g/mol. The molecule has 1 aromatic carbocycles. The van der Waals surface area contributed by atoms with Gasteiger partial charge in [0.1, 0.15) is 5.75 Å². The van der Waals surface area contributed by atoms with E-state index >= 15 is 0 Å². The molecule has 2 atom stereocenters. The summed E-state index contributed by atoms with van der Waals surface area (Å²) in [5, 5.41) is 10.7. The van der Waals surface area contributed by atoms with Crippen LogP contribution in [0.3, 0.4) is 0 Å². The smallest absolute Gasteiger partial charge is 0.223 e. The molecule has 1 aliphatic rings. The molecule has 1 saturated heterocycles. The molecule has 1 aliphatic heterocycles. The van der Waals surface area contributed by atoms with Crippen LogP contribution in [0.1, 0.15) is 36.8 Å². The third-order valence-electron chi connectivity index (χ3n) is 5.80. The number of nitrogens with zero attached hydrogens (tertiary/aromatic N) is 3. The highest BCUT2D eigenvalue weighted by Crippen LogP contribution is 2.19. The molecule has 1 fully saturated rings. The molecular weight excluding hydrogens is 394 g/mol. The molecule has 8 nitrogen and oxygen atoms in total. The van der Waals surface area contributed by atoms with E-state index in [1.807, 2.05) is 50.8 Å². The zero-order valence-corrected chi connectivity index (χ0v) is 18.6. The molecule has 0 spiro atoms. The number of rotatable bonds is 7. The minimum Gasteiger partial charge on any atom is -0.497 e. The van der Waals surface area contributed by atoms with Gasteiger partial charge in [0.2, 0.25) is 11.8 Å². The normalized spacial score (nSPS) is 20.0. The van der Waals surface area contributed by atoms with Crippen LogP contribution in [0.2, 0.25) is 0 Å². The van der Waals surface area contributed by atoms with Gasteiger partial charge < -0.3 is 20.3 Å². The van der Waals surface area contributed by atoms with Crippen LogP contribution in [-0.4, -0.2) is 53.2 Å². The van der Waals surface area contributed by atoms with Gasteiger partial charge >= 0.3 is 0 Å². The molecule has 1 aromatic heterocycles. The molecule has 0 bridgehead atoms. The number of amides is 2. The van der Waals surface area contributed by atoms with Crippen LogP contribution >= 0.6 is 0 Å². The second kappa shape index (κ2) is 10.9. The van der Waals surface area contributed by atoms with Crippen molar-refractivity contribution in [2.45, 2.75) is 44.8 Å². The molecule has 0 saturated carbocycles. The maximum Gasteiger partial charge on any atom is 0.223 e. The molecule has 0 unspecified atom stereocenters. The Balaban J connectivity index is 1.52. The maximum atomic E-state index is 12.8. The number of nitrogens with one attached hydrogen (secondary N) is 2. The van der Waals surface area contributed by atoms with Crippen molar-refractivity contribution in [2.75, 3.05) is 20.7 Å². The van der Waals surface area contributed by atoms with Crippen LogP contribution in [0.25, 0.3) is 0 Å². The van der Waals surface area contributed by atoms with Gasteiger partial charge in [-0.05, 0) is 30.5 Å². The number of aryl methyl sites for hydroxylation is 1. The Hall–Kier alpha value is -2.87. The first kappa shape index (κ1) is 22.8. The molecule has 0 aliphatic carbocycles. The summed E-state index contributed by atoms with van der Waals surface area (Å²) in [5.41, 5.74) is 2.12. The molecule has 2 N–H and O–H groups in total. The summed E-state index contributed by atoms with van der Waals surface area (Å²) < 4.78 is 6.95. The Morgan fingerprint density at radius 1 is 1.16 bits per heavy atom. The fraction of sp³-hybridized carbons (Fsp3) is 0.522. The van der Waals surface area contributed by atoms with Gasteiger partial charge in [0.25, 0.3) is 0 Å². The Morgan fingerprint density at radius 3 is 2.61 bits per heavy atom. The summed E-state index contributed by atoms with van der Waals surface area (Å²) in [5.74, 6) is 0.441. The minimum absolute atomic E-state index is 0.0136. The van der Waals surface area contributed by atoms with Crippen molar-refractivity contribution in [3.63, 3.8) is 0 Å². The van der Waals surface area contributed by atoms with Crippen LogP contribution in [0, 0.1) is 5.92 Å². The first-order valence-electron chi connectivity index (χ1n) is 10.8. The fourth-order valence-electron chi connectivity index (χ4n) is 3.90. The van der Waals surface area contributed by atoms with E-state index in [0.717, 1.165) is 29.7 Å². The Bertz CT molecular complexity index is 864. The molecule has 8 heteroatoms. The van der Waals surface area contributed by atoms with E-state index in [0.29, 0.717) is 26.1 Å². The highest BCUT2D eigenvalue weighted by atomic mass is 16.5. The van der Waals surface area contributed by atoms with Crippen molar-refractivity contribution >= 4 is 11.8 Å². The third kappa shape index (κ3) is 6.82. The molecule has 2 heterocycles. The molecule has 168 valence electrons. The molecular formula is C23H33N5O3. The van der Waals surface area contributed by atoms with E-state index in [1.165, 1.54) is 0 Å². The summed E-state index contributed by atoms with van der Waals surface area (Å²) in [7, 11) is 5.34. The van der Waals surface area contributed by atoms with Crippen molar-refractivity contribution < 1.29 is 14.3 Å². The van der Waals surface area contributed by atoms with Gasteiger partial charge in [0.05, 0.1) is 13.3 Å². The van der Waals surface area contributed by atoms with Gasteiger partial charge in [-0.2, -0.15) is 5.10 Å². The van der Waals surface area contributed by atoms with Crippen molar-refractivity contribution in [3.8, 4) is 5.75 Å². The Kier molecular flexibility index (Phi) is 8.06. The third-order valence-corrected chi connectivity index (χ3v) is 5.80. The van der Waals surface area contributed by atoms with Crippen LogP contribution in [-0.2, 0) is 29.7 Å². The van der Waals surface area contributed by atoms with Gasteiger partial charge in [0.15, 0.2) is 0 Å². The van der Waals surface area contributed by atoms with E-state index in [4.69, 9.17) is 4.74 Å². The number of hydrogen-bond acceptors (Lipinski definition) is 5. The lowest BCUT2D eigenvalue weighted by Gasteiger charge is -2.24. The van der Waals surface area contributed by atoms with Crippen LogP contribution in [0.4, 0.5) is 0 Å². The maximum absolute atomic E-state index is 12.8. The number of ether oxygens (including phenoxy) is 1. The minimum atomic E-state index is -0.301. The average molecular weight is 428 g/mol. The van der Waals surface area contributed by atoms with E-state index < -0.39 is 0 Å². The van der Waals surface area contributed by atoms with Crippen LogP contribution in [0.15, 0.2) is 36.7 Å². The van der Waals surface area contributed by atoms with Crippen molar-refractivity contribution in [3.05, 3.63) is 47.8 Å². The number of aromatic nitrogens is 2. The molecule has 3 rings (SSSR count). The first-order valence-corrected chi connectivity index (χ1v) is 10.8. The predicted molar refractivity (Wildman–Crippen MR) is 118 cm³/mol. The largest absolute Gasteiger partial charge is 0.497 e. The van der Waals surface area contributed by atoms with Gasteiger partial charge in [0, 0.05) is 63.9 Å². The standard InChI is InChI=1S/C23H33N5O3/c1-27-16-20(24-13-18-14-26-28(2)15-18)6-4-5-19(11-22(27)29)23(30)25-12-17-7-9-21(31-3)10-8-17/h7-10,14-15,19-20,24H,4-6,11-13,16H2,1-3H3,(H,25,30)/t19-,20-/m1/s1. The van der Waals surface area contributed by atoms with Crippen LogP contribution < -0.4 is 15.4 Å². The lowest BCUT2D eigenvalue weighted by atomic mass is 9.96. The van der Waals surface area contributed by atoms with E-state index in [2.05, 4.69) is 15.7 Å².